The maximum absolute atomic E-state index is 12.8. The van der Waals surface area contributed by atoms with Crippen LogP contribution in [-0.2, 0) is 6.42 Å². The number of nitrogens with one attached hydrogen (secondary N) is 1. The van der Waals surface area contributed by atoms with Gasteiger partial charge in [0.25, 0.3) is 0 Å². The van der Waals surface area contributed by atoms with Crippen LogP contribution in [0.3, 0.4) is 0 Å². The van der Waals surface area contributed by atoms with Gasteiger partial charge < -0.3 is 4.98 Å². The summed E-state index contributed by atoms with van der Waals surface area (Å²) in [5, 5.41) is 0. The molecule has 10 heavy (non-hydrogen) atoms. The Kier molecular flexibility index (Phi) is 1.13. The highest BCUT2D eigenvalue weighted by Crippen LogP contribution is 2.20. The second-order valence-electron chi connectivity index (χ2n) is 2.47. The molecule has 1 aliphatic carbocycles. The van der Waals surface area contributed by atoms with Gasteiger partial charge >= 0.3 is 0 Å². The van der Waals surface area contributed by atoms with Crippen molar-refractivity contribution in [3.63, 3.8) is 0 Å². The first-order valence-electron chi connectivity index (χ1n) is 3.40. The summed E-state index contributed by atoms with van der Waals surface area (Å²) in [5.74, 6) is -0.0978. The van der Waals surface area contributed by atoms with E-state index in [4.69, 9.17) is 0 Å². The Hall–Kier alpha value is -1.05. The minimum absolute atomic E-state index is 0.0978. The molecule has 0 fully saturated rings. The maximum Gasteiger partial charge on any atom is 0.144 e. The lowest BCUT2D eigenvalue weighted by atomic mass is 10.0. The van der Waals surface area contributed by atoms with Crippen molar-refractivity contribution in [1.82, 2.24) is 4.98 Å². The van der Waals surface area contributed by atoms with Gasteiger partial charge in [-0.05, 0) is 18.9 Å². The number of aromatic nitrogens is 1. The molecule has 1 aliphatic rings. The third-order valence-electron chi connectivity index (χ3n) is 1.81. The number of hydrogen-bond donors (Lipinski definition) is 1. The molecule has 1 nitrogen and oxygen atoms in total. The van der Waals surface area contributed by atoms with Gasteiger partial charge in [0.05, 0.1) is 0 Å². The van der Waals surface area contributed by atoms with Gasteiger partial charge in [-0.3, -0.25) is 0 Å². The second kappa shape index (κ2) is 1.97. The second-order valence-corrected chi connectivity index (χ2v) is 2.47. The number of allylic oxidation sites excluding steroid dienone is 1. The van der Waals surface area contributed by atoms with Crippen molar-refractivity contribution in [2.24, 2.45) is 0 Å². The molecule has 0 saturated carbocycles. The number of rotatable bonds is 0. The van der Waals surface area contributed by atoms with Crippen molar-refractivity contribution in [1.29, 1.82) is 0 Å². The van der Waals surface area contributed by atoms with Crippen molar-refractivity contribution in [3.8, 4) is 0 Å². The lowest BCUT2D eigenvalue weighted by Gasteiger charge is -2.02. The average molecular weight is 137 g/mol. The lowest BCUT2D eigenvalue weighted by molar-refractivity contribution is 0.613. The number of aromatic amines is 1. The summed E-state index contributed by atoms with van der Waals surface area (Å²) in [6, 6.07) is 0. The number of hydrogen-bond acceptors (Lipinski definition) is 0. The van der Waals surface area contributed by atoms with E-state index in [-0.39, 0.29) is 5.82 Å². The summed E-state index contributed by atoms with van der Waals surface area (Å²) in [7, 11) is 0. The molecule has 0 spiro atoms. The minimum Gasteiger partial charge on any atom is -0.359 e. The van der Waals surface area contributed by atoms with E-state index < -0.39 is 0 Å². The van der Waals surface area contributed by atoms with Gasteiger partial charge in [0.15, 0.2) is 0 Å². The largest absolute Gasteiger partial charge is 0.359 e. The summed E-state index contributed by atoms with van der Waals surface area (Å²) in [6.07, 6.45) is 7.20. The number of fused-ring (bicyclic) bond motifs is 1. The first kappa shape index (κ1) is 5.71. The predicted molar refractivity (Wildman–Crippen MR) is 38.1 cm³/mol. The normalized spacial score (nSPS) is 15.3. The Morgan fingerprint density at radius 2 is 2.40 bits per heavy atom. The van der Waals surface area contributed by atoms with Crippen molar-refractivity contribution in [3.05, 3.63) is 29.3 Å². The van der Waals surface area contributed by atoms with E-state index in [0.717, 1.165) is 24.1 Å². The van der Waals surface area contributed by atoms with Crippen molar-refractivity contribution in [2.45, 2.75) is 12.8 Å². The molecule has 2 heteroatoms. The molecule has 0 atom stereocenters. The third kappa shape index (κ3) is 0.685. The highest BCUT2D eigenvalue weighted by molar-refractivity contribution is 5.52. The lowest BCUT2D eigenvalue weighted by Crippen LogP contribution is -1.92. The fourth-order valence-electron chi connectivity index (χ4n) is 1.28. The van der Waals surface area contributed by atoms with Crippen LogP contribution in [0, 0.1) is 5.82 Å². The van der Waals surface area contributed by atoms with Crippen molar-refractivity contribution < 1.29 is 4.39 Å². The molecule has 1 heterocycles. The average Bonchev–Trinajstić information content (AvgIpc) is 2.34. The van der Waals surface area contributed by atoms with Gasteiger partial charge in [-0.15, -0.1) is 0 Å². The standard InChI is InChI=1S/C8H8FN/c9-7-5-10-8-4-2-1-3-6(7)8/h2,4-5,10H,1,3H2. The first-order valence-corrected chi connectivity index (χ1v) is 3.40. The SMILES string of the molecule is Fc1c[nH]c2c1CCC=C2. The van der Waals surface area contributed by atoms with E-state index in [9.17, 15) is 4.39 Å². The highest BCUT2D eigenvalue weighted by Gasteiger charge is 2.10. The van der Waals surface area contributed by atoms with Crippen LogP contribution in [0.25, 0.3) is 6.08 Å². The van der Waals surface area contributed by atoms with E-state index in [2.05, 4.69) is 11.1 Å². The fraction of sp³-hybridized carbons (Fsp3) is 0.250. The molecule has 2 rings (SSSR count). The summed E-state index contributed by atoms with van der Waals surface area (Å²) in [4.78, 5) is 2.86. The highest BCUT2D eigenvalue weighted by atomic mass is 19.1. The van der Waals surface area contributed by atoms with Crippen LogP contribution in [0.4, 0.5) is 4.39 Å². The van der Waals surface area contributed by atoms with E-state index in [1.165, 1.54) is 6.20 Å². The van der Waals surface area contributed by atoms with Gasteiger partial charge in [0.1, 0.15) is 5.82 Å². The Morgan fingerprint density at radius 3 is 3.20 bits per heavy atom. The van der Waals surface area contributed by atoms with Crippen molar-refractivity contribution >= 4 is 6.08 Å². The van der Waals surface area contributed by atoms with Gasteiger partial charge in [-0.2, -0.15) is 0 Å². The molecule has 0 saturated heterocycles. The first-order chi connectivity index (χ1) is 4.88. The molecular weight excluding hydrogens is 129 g/mol. The van der Waals surface area contributed by atoms with Crippen LogP contribution < -0.4 is 0 Å². The van der Waals surface area contributed by atoms with E-state index >= 15 is 0 Å². The monoisotopic (exact) mass is 137 g/mol. The van der Waals surface area contributed by atoms with Crippen LogP contribution in [0.5, 0.6) is 0 Å². The molecule has 1 N–H and O–H groups in total. The van der Waals surface area contributed by atoms with Gasteiger partial charge in [0, 0.05) is 17.5 Å². The zero-order valence-electron chi connectivity index (χ0n) is 5.52. The van der Waals surface area contributed by atoms with Crippen LogP contribution in [0.15, 0.2) is 12.3 Å². The summed E-state index contributed by atoms with van der Waals surface area (Å²) < 4.78 is 12.8. The molecule has 1 aromatic rings. The molecule has 0 radical (unpaired) electrons. The topological polar surface area (TPSA) is 15.8 Å². The van der Waals surface area contributed by atoms with Gasteiger partial charge in [0.2, 0.25) is 0 Å². The zero-order valence-corrected chi connectivity index (χ0v) is 5.52. The Balaban J connectivity index is 2.57. The molecule has 0 aliphatic heterocycles. The van der Waals surface area contributed by atoms with Crippen LogP contribution >= 0.6 is 0 Å². The summed E-state index contributed by atoms with van der Waals surface area (Å²) in [6.45, 7) is 0. The maximum atomic E-state index is 12.8. The molecule has 1 aromatic heterocycles. The summed E-state index contributed by atoms with van der Waals surface area (Å²) >= 11 is 0. The Morgan fingerprint density at radius 1 is 1.50 bits per heavy atom. The number of H-pyrrole nitrogens is 1. The quantitative estimate of drug-likeness (QED) is 0.563. The molecule has 0 bridgehead atoms. The van der Waals surface area contributed by atoms with E-state index in [1.807, 2.05) is 6.08 Å². The number of halogens is 1. The van der Waals surface area contributed by atoms with E-state index in [0.29, 0.717) is 0 Å². The van der Waals surface area contributed by atoms with Crippen LogP contribution in [0.2, 0.25) is 0 Å². The van der Waals surface area contributed by atoms with Gasteiger partial charge in [-0.1, -0.05) is 6.08 Å². The molecule has 52 valence electrons. The van der Waals surface area contributed by atoms with Crippen molar-refractivity contribution in [2.75, 3.05) is 0 Å². The van der Waals surface area contributed by atoms with Crippen LogP contribution in [-0.4, -0.2) is 4.98 Å². The third-order valence-corrected chi connectivity index (χ3v) is 1.81. The zero-order chi connectivity index (χ0) is 6.97. The molecule has 0 aromatic carbocycles. The minimum atomic E-state index is -0.0978. The Bertz CT molecular complexity index is 273. The predicted octanol–water partition coefficient (Wildman–Crippen LogP) is 2.11. The summed E-state index contributed by atoms with van der Waals surface area (Å²) in [5.41, 5.74) is 1.77. The van der Waals surface area contributed by atoms with Gasteiger partial charge in [-0.25, -0.2) is 4.39 Å². The molecule has 0 unspecified atom stereocenters. The van der Waals surface area contributed by atoms with E-state index in [1.54, 1.807) is 0 Å². The fourth-order valence-corrected chi connectivity index (χ4v) is 1.28. The molecular formula is C8H8FN. The van der Waals surface area contributed by atoms with Crippen LogP contribution in [0.1, 0.15) is 17.7 Å². The Labute approximate surface area is 58.6 Å². The smallest absolute Gasteiger partial charge is 0.144 e. The molecule has 0 amide bonds.